The molecule has 11 heavy (non-hydrogen) atoms. The maximum Gasteiger partial charge on any atom is 0.294 e. The van der Waals surface area contributed by atoms with Crippen LogP contribution in [0.3, 0.4) is 0 Å². The van der Waals surface area contributed by atoms with Crippen molar-refractivity contribution in [3.8, 4) is 0 Å². The second kappa shape index (κ2) is 3.82. The van der Waals surface area contributed by atoms with Crippen LogP contribution in [0, 0.1) is 0 Å². The van der Waals surface area contributed by atoms with Crippen LogP contribution < -0.4 is 10.9 Å². The number of hydrazine groups is 1. The molecule has 58 valence electrons. The Balaban J connectivity index is 2.45. The van der Waals surface area contributed by atoms with E-state index in [0.29, 0.717) is 0 Å². The van der Waals surface area contributed by atoms with Gasteiger partial charge in [-0.1, -0.05) is 12.6 Å². The number of rotatable bonds is 2. The van der Waals surface area contributed by atoms with Crippen molar-refractivity contribution in [3.05, 3.63) is 24.5 Å². The normalized spacial score (nSPS) is 8.82. The van der Waals surface area contributed by atoms with Crippen molar-refractivity contribution in [1.82, 2.24) is 10.4 Å². The van der Waals surface area contributed by atoms with Gasteiger partial charge in [-0.15, -0.1) is 0 Å². The Morgan fingerprint density at radius 3 is 2.64 bits per heavy atom. The summed E-state index contributed by atoms with van der Waals surface area (Å²) in [5, 5.41) is -0.429. The molecule has 0 radical (unpaired) electrons. The maximum absolute atomic E-state index is 10.3. The second-order valence-electron chi connectivity index (χ2n) is 1.79. The SMILES string of the molecule is O=C(S)NNc1ccncc1. The monoisotopic (exact) mass is 169 g/mol. The lowest BCUT2D eigenvalue weighted by atomic mass is 10.4. The van der Waals surface area contributed by atoms with E-state index in [-0.39, 0.29) is 0 Å². The van der Waals surface area contributed by atoms with Gasteiger partial charge >= 0.3 is 0 Å². The third-order valence-corrected chi connectivity index (χ3v) is 1.11. The predicted octanol–water partition coefficient (Wildman–Crippen LogP) is 1.05. The molecule has 0 aliphatic heterocycles. The standard InChI is InChI=1S/C6H7N3OS/c10-6(11)9-8-5-1-3-7-4-2-5/h1-4H,(H,7,8)(H2,9,10,11). The third kappa shape index (κ3) is 2.90. The number of nitrogens with zero attached hydrogens (tertiary/aromatic N) is 1. The quantitative estimate of drug-likeness (QED) is 0.458. The van der Waals surface area contributed by atoms with Gasteiger partial charge in [0, 0.05) is 12.4 Å². The zero-order chi connectivity index (χ0) is 8.10. The Hall–Kier alpha value is -1.23. The Morgan fingerprint density at radius 1 is 1.45 bits per heavy atom. The van der Waals surface area contributed by atoms with Crippen LogP contribution in [0.15, 0.2) is 24.5 Å². The minimum absolute atomic E-state index is 0.429. The third-order valence-electron chi connectivity index (χ3n) is 0.994. The number of anilines is 1. The zero-order valence-electron chi connectivity index (χ0n) is 5.61. The molecule has 1 heterocycles. The van der Waals surface area contributed by atoms with Crippen LogP contribution in [0.25, 0.3) is 0 Å². The fourth-order valence-corrected chi connectivity index (χ4v) is 0.617. The Kier molecular flexibility index (Phi) is 2.74. The van der Waals surface area contributed by atoms with Crippen molar-refractivity contribution < 1.29 is 4.79 Å². The van der Waals surface area contributed by atoms with E-state index in [1.165, 1.54) is 0 Å². The van der Waals surface area contributed by atoms with Crippen molar-refractivity contribution in [2.75, 3.05) is 5.43 Å². The van der Waals surface area contributed by atoms with Crippen molar-refractivity contribution in [1.29, 1.82) is 0 Å². The number of pyridine rings is 1. The van der Waals surface area contributed by atoms with Crippen molar-refractivity contribution in [3.63, 3.8) is 0 Å². The van der Waals surface area contributed by atoms with Crippen molar-refractivity contribution >= 4 is 23.6 Å². The van der Waals surface area contributed by atoms with Crippen LogP contribution >= 0.6 is 12.6 Å². The average molecular weight is 169 g/mol. The van der Waals surface area contributed by atoms with Crippen LogP contribution in [0.4, 0.5) is 10.5 Å². The van der Waals surface area contributed by atoms with Crippen molar-refractivity contribution in [2.45, 2.75) is 0 Å². The Morgan fingerprint density at radius 2 is 2.09 bits per heavy atom. The summed E-state index contributed by atoms with van der Waals surface area (Å²) in [7, 11) is 0. The van der Waals surface area contributed by atoms with E-state index >= 15 is 0 Å². The van der Waals surface area contributed by atoms with Gasteiger partial charge in [-0.2, -0.15) is 0 Å². The number of carbonyl (C=O) groups is 1. The fourth-order valence-electron chi connectivity index (χ4n) is 0.561. The van der Waals surface area contributed by atoms with E-state index in [9.17, 15) is 4.79 Å². The molecule has 1 aromatic heterocycles. The summed E-state index contributed by atoms with van der Waals surface area (Å²) in [6, 6.07) is 3.45. The van der Waals surface area contributed by atoms with Crippen LogP contribution in [0.1, 0.15) is 0 Å². The highest BCUT2D eigenvalue weighted by Crippen LogP contribution is 2.00. The number of hydrogen-bond acceptors (Lipinski definition) is 3. The molecular weight excluding hydrogens is 162 g/mol. The van der Waals surface area contributed by atoms with Crippen LogP contribution in [0.5, 0.6) is 0 Å². The summed E-state index contributed by atoms with van der Waals surface area (Å²) in [6.07, 6.45) is 3.24. The second-order valence-corrected chi connectivity index (χ2v) is 2.20. The molecule has 1 amide bonds. The molecule has 0 spiro atoms. The fraction of sp³-hybridized carbons (Fsp3) is 0. The number of aromatic nitrogens is 1. The molecule has 1 rings (SSSR count). The molecule has 2 N–H and O–H groups in total. The highest BCUT2D eigenvalue weighted by Gasteiger charge is 1.90. The topological polar surface area (TPSA) is 54.0 Å². The van der Waals surface area contributed by atoms with Gasteiger partial charge in [-0.3, -0.25) is 20.6 Å². The summed E-state index contributed by atoms with van der Waals surface area (Å²) in [6.45, 7) is 0. The van der Waals surface area contributed by atoms with Gasteiger partial charge in [0.2, 0.25) is 0 Å². The van der Waals surface area contributed by atoms with Gasteiger partial charge in [0.1, 0.15) is 0 Å². The molecular formula is C6H7N3OS. The molecule has 5 heteroatoms. The van der Waals surface area contributed by atoms with Gasteiger partial charge in [0.05, 0.1) is 5.69 Å². The summed E-state index contributed by atoms with van der Waals surface area (Å²) >= 11 is 3.50. The van der Waals surface area contributed by atoms with Crippen LogP contribution in [0.2, 0.25) is 0 Å². The van der Waals surface area contributed by atoms with E-state index in [2.05, 4.69) is 28.5 Å². The number of nitrogens with one attached hydrogen (secondary N) is 2. The lowest BCUT2D eigenvalue weighted by Crippen LogP contribution is -2.23. The number of hydrogen-bond donors (Lipinski definition) is 3. The minimum Gasteiger partial charge on any atom is -0.298 e. The first-order valence-corrected chi connectivity index (χ1v) is 3.39. The largest absolute Gasteiger partial charge is 0.298 e. The molecule has 0 aliphatic carbocycles. The highest BCUT2D eigenvalue weighted by molar-refractivity contribution is 7.96. The number of thiol groups is 1. The minimum atomic E-state index is -0.429. The van der Waals surface area contributed by atoms with Crippen LogP contribution in [-0.4, -0.2) is 10.2 Å². The number of amides is 1. The lowest BCUT2D eigenvalue weighted by Gasteiger charge is -2.03. The molecule has 4 nitrogen and oxygen atoms in total. The number of carbonyl (C=O) groups excluding carboxylic acids is 1. The molecule has 0 atom stereocenters. The Bertz CT molecular complexity index is 239. The van der Waals surface area contributed by atoms with E-state index < -0.39 is 5.24 Å². The summed E-state index contributed by atoms with van der Waals surface area (Å²) < 4.78 is 0. The zero-order valence-corrected chi connectivity index (χ0v) is 6.51. The first kappa shape index (κ1) is 7.87. The van der Waals surface area contributed by atoms with Crippen LogP contribution in [-0.2, 0) is 0 Å². The molecule has 0 aromatic carbocycles. The average Bonchev–Trinajstić information content (AvgIpc) is 2.03. The lowest BCUT2D eigenvalue weighted by molar-refractivity contribution is 0.262. The molecule has 0 saturated carbocycles. The molecule has 0 saturated heterocycles. The van der Waals surface area contributed by atoms with Gasteiger partial charge in [-0.05, 0) is 12.1 Å². The smallest absolute Gasteiger partial charge is 0.294 e. The van der Waals surface area contributed by atoms with E-state index in [1.54, 1.807) is 24.5 Å². The summed E-state index contributed by atoms with van der Waals surface area (Å²) in [5.74, 6) is 0. The molecule has 1 aromatic rings. The Labute approximate surface area is 69.4 Å². The van der Waals surface area contributed by atoms with E-state index in [0.717, 1.165) is 5.69 Å². The molecule has 0 bridgehead atoms. The van der Waals surface area contributed by atoms with E-state index in [4.69, 9.17) is 0 Å². The first-order chi connectivity index (χ1) is 5.29. The first-order valence-electron chi connectivity index (χ1n) is 2.94. The molecule has 0 unspecified atom stereocenters. The predicted molar refractivity (Wildman–Crippen MR) is 45.4 cm³/mol. The molecule has 0 fully saturated rings. The summed E-state index contributed by atoms with van der Waals surface area (Å²) in [4.78, 5) is 14.1. The van der Waals surface area contributed by atoms with Gasteiger partial charge in [-0.25, -0.2) is 0 Å². The van der Waals surface area contributed by atoms with Gasteiger partial charge in [0.25, 0.3) is 5.24 Å². The summed E-state index contributed by atoms with van der Waals surface area (Å²) in [5.41, 5.74) is 5.70. The highest BCUT2D eigenvalue weighted by atomic mass is 32.1. The van der Waals surface area contributed by atoms with Gasteiger partial charge in [0.15, 0.2) is 0 Å². The van der Waals surface area contributed by atoms with E-state index in [1.807, 2.05) is 0 Å². The molecule has 0 aliphatic rings. The van der Waals surface area contributed by atoms with Gasteiger partial charge < -0.3 is 0 Å². The maximum atomic E-state index is 10.3. The van der Waals surface area contributed by atoms with Crippen molar-refractivity contribution in [2.24, 2.45) is 0 Å².